The first-order valence-corrected chi connectivity index (χ1v) is 15.4. The predicted molar refractivity (Wildman–Crippen MR) is 167 cm³/mol. The normalized spacial score (nSPS) is 14.5. The minimum atomic E-state index is -4.74. The Bertz CT molecular complexity index is 1620. The number of alkyl halides is 3. The number of rotatable bonds is 12. The maximum absolute atomic E-state index is 12.8. The lowest BCUT2D eigenvalue weighted by atomic mass is 10.0. The molecule has 8 nitrogen and oxygen atoms in total. The van der Waals surface area contributed by atoms with Crippen LogP contribution in [0.2, 0.25) is 0 Å². The topological polar surface area (TPSA) is 84.6 Å². The van der Waals surface area contributed by atoms with Gasteiger partial charge in [0.25, 0.3) is 0 Å². The van der Waals surface area contributed by atoms with E-state index in [0.29, 0.717) is 23.9 Å². The Morgan fingerprint density at radius 1 is 1.07 bits per heavy atom. The summed E-state index contributed by atoms with van der Waals surface area (Å²) in [5, 5.41) is 8.59. The minimum Gasteiger partial charge on any atom is -0.406 e. The van der Waals surface area contributed by atoms with E-state index in [2.05, 4.69) is 51.3 Å². The van der Waals surface area contributed by atoms with Crippen LogP contribution in [0.3, 0.4) is 0 Å². The van der Waals surface area contributed by atoms with Crippen molar-refractivity contribution in [2.45, 2.75) is 45.9 Å². The predicted octanol–water partition coefficient (Wildman–Crippen LogP) is 6.71. The highest BCUT2D eigenvalue weighted by atomic mass is 32.2. The number of carbonyl (C=O) groups is 1. The molecule has 230 valence electrons. The molecule has 0 radical (unpaired) electrons. The smallest absolute Gasteiger partial charge is 0.406 e. The maximum Gasteiger partial charge on any atom is 0.573 e. The number of aromatic nitrogens is 3. The van der Waals surface area contributed by atoms with E-state index in [1.54, 1.807) is 4.90 Å². The number of anilines is 1. The minimum absolute atomic E-state index is 0.0596. The van der Waals surface area contributed by atoms with Crippen LogP contribution < -0.4 is 15.0 Å². The van der Waals surface area contributed by atoms with Crippen molar-refractivity contribution < 1.29 is 22.7 Å². The molecule has 2 heterocycles. The quantitative estimate of drug-likeness (QED) is 0.177. The lowest BCUT2D eigenvalue weighted by Gasteiger charge is -2.20. The van der Waals surface area contributed by atoms with Crippen LogP contribution in [0.5, 0.6) is 5.75 Å². The number of amidine groups is 1. The molecule has 12 heteroatoms. The Kier molecular flexibility index (Phi) is 10.0. The number of amides is 1. The molecule has 0 atom stereocenters. The molecule has 5 rings (SSSR count). The Morgan fingerprint density at radius 3 is 2.66 bits per heavy atom. The molecular weight excluding hydrogens is 589 g/mol. The third-order valence-electron chi connectivity index (χ3n) is 6.92. The van der Waals surface area contributed by atoms with Crippen LogP contribution in [0.25, 0.3) is 17.1 Å². The molecule has 1 aliphatic rings. The van der Waals surface area contributed by atoms with Crippen LogP contribution in [-0.2, 0) is 17.6 Å². The van der Waals surface area contributed by atoms with Crippen LogP contribution in [0.15, 0.2) is 78.0 Å². The molecule has 1 amide bonds. The molecule has 4 aromatic rings. The van der Waals surface area contributed by atoms with Crippen LogP contribution >= 0.6 is 11.8 Å². The van der Waals surface area contributed by atoms with Crippen molar-refractivity contribution in [3.8, 4) is 22.8 Å². The van der Waals surface area contributed by atoms with Crippen molar-refractivity contribution in [1.82, 2.24) is 20.1 Å². The number of nitrogens with one attached hydrogen (secondary N) is 1. The summed E-state index contributed by atoms with van der Waals surface area (Å²) >= 11 is 1.48. The molecule has 1 fully saturated rings. The van der Waals surface area contributed by atoms with Gasteiger partial charge in [-0.25, -0.2) is 14.7 Å². The molecule has 0 saturated carbocycles. The van der Waals surface area contributed by atoms with Gasteiger partial charge in [0, 0.05) is 5.56 Å². The number of thioether (sulfide) groups is 1. The van der Waals surface area contributed by atoms with Gasteiger partial charge >= 0.3 is 6.36 Å². The summed E-state index contributed by atoms with van der Waals surface area (Å²) in [5.41, 5.74) is 5.75. The standard InChI is InChI=1S/C32H33F3N6O2S/c1-3-6-24-11-10-22(2)17-28(24)41-29(42)19-44-31(41)37-20-36-16-5-8-23-7-4-9-25(18-23)30-38-21-40(39-30)26-12-14-27(15-13-26)43-32(33,34)35/h4,7,9-15,17-18,21,36H,3,5-6,8,16,19-20H2,1-2H3/b37-31-. The first-order valence-electron chi connectivity index (χ1n) is 14.4. The van der Waals surface area contributed by atoms with Crippen molar-refractivity contribution in [2.75, 3.05) is 23.9 Å². The van der Waals surface area contributed by atoms with Gasteiger partial charge in [-0.3, -0.25) is 15.0 Å². The second-order valence-corrected chi connectivity index (χ2v) is 11.3. The fraction of sp³-hybridized carbons (Fsp3) is 0.312. The lowest BCUT2D eigenvalue weighted by molar-refractivity contribution is -0.274. The number of hydrogen-bond donors (Lipinski definition) is 1. The molecule has 1 aromatic heterocycles. The van der Waals surface area contributed by atoms with Crippen molar-refractivity contribution in [3.05, 3.63) is 89.7 Å². The first kappa shape index (κ1) is 31.3. The van der Waals surface area contributed by atoms with Gasteiger partial charge < -0.3 is 4.74 Å². The number of nitrogens with zero attached hydrogens (tertiary/aromatic N) is 5. The van der Waals surface area contributed by atoms with Crippen LogP contribution in [-0.4, -0.2) is 51.2 Å². The van der Waals surface area contributed by atoms with E-state index in [-0.39, 0.29) is 11.7 Å². The number of ether oxygens (including phenoxy) is 1. The number of aliphatic imine (C=N–C) groups is 1. The van der Waals surface area contributed by atoms with E-state index >= 15 is 0 Å². The number of hydrogen-bond acceptors (Lipinski definition) is 7. The van der Waals surface area contributed by atoms with Crippen molar-refractivity contribution in [3.63, 3.8) is 0 Å². The van der Waals surface area contributed by atoms with Crippen LogP contribution in [0, 0.1) is 6.92 Å². The molecule has 1 saturated heterocycles. The van der Waals surface area contributed by atoms with Crippen molar-refractivity contribution in [2.24, 2.45) is 4.99 Å². The van der Waals surface area contributed by atoms with E-state index in [4.69, 9.17) is 4.99 Å². The highest BCUT2D eigenvalue weighted by molar-refractivity contribution is 8.15. The largest absolute Gasteiger partial charge is 0.573 e. The summed E-state index contributed by atoms with van der Waals surface area (Å²) in [4.78, 5) is 23.6. The van der Waals surface area contributed by atoms with Gasteiger partial charge in [-0.05, 0) is 85.8 Å². The summed E-state index contributed by atoms with van der Waals surface area (Å²) in [7, 11) is 0. The van der Waals surface area contributed by atoms with Crippen LogP contribution in [0.1, 0.15) is 36.5 Å². The maximum atomic E-state index is 12.8. The summed E-state index contributed by atoms with van der Waals surface area (Å²) in [6.45, 7) is 5.35. The van der Waals surface area contributed by atoms with E-state index in [1.807, 2.05) is 25.1 Å². The molecular formula is C32H33F3N6O2S. The van der Waals surface area contributed by atoms with Gasteiger partial charge in [-0.2, -0.15) is 0 Å². The van der Waals surface area contributed by atoms with Crippen LogP contribution in [0.4, 0.5) is 18.9 Å². The van der Waals surface area contributed by atoms with Gasteiger partial charge in [0.1, 0.15) is 12.1 Å². The fourth-order valence-electron chi connectivity index (χ4n) is 4.88. The Morgan fingerprint density at radius 2 is 1.89 bits per heavy atom. The Balaban J connectivity index is 1.13. The highest BCUT2D eigenvalue weighted by Crippen LogP contribution is 2.31. The second-order valence-electron chi connectivity index (χ2n) is 10.4. The summed E-state index contributed by atoms with van der Waals surface area (Å²) in [6.07, 6.45) is 0.416. The number of aryl methyl sites for hydroxylation is 3. The lowest BCUT2D eigenvalue weighted by Crippen LogP contribution is -2.31. The average molecular weight is 623 g/mol. The number of benzene rings is 3. The van der Waals surface area contributed by atoms with E-state index < -0.39 is 6.36 Å². The first-order chi connectivity index (χ1) is 21.2. The molecule has 1 aliphatic heterocycles. The second kappa shape index (κ2) is 14.1. The van der Waals surface area contributed by atoms with Gasteiger partial charge in [0.05, 0.1) is 23.8 Å². The Hall–Kier alpha value is -4.16. The SMILES string of the molecule is CCCc1ccc(C)cc1N1C(=O)CS/C1=N\CNCCCc1cccc(-c2ncn(-c3ccc(OC(F)(F)F)cc3)n2)c1. The molecule has 0 unspecified atom stereocenters. The van der Waals surface area contributed by atoms with Gasteiger partial charge in [0.2, 0.25) is 5.91 Å². The Labute approximate surface area is 258 Å². The fourth-order valence-corrected chi connectivity index (χ4v) is 5.75. The zero-order valence-electron chi connectivity index (χ0n) is 24.5. The molecule has 3 aromatic carbocycles. The van der Waals surface area contributed by atoms with Crippen molar-refractivity contribution >= 4 is 28.5 Å². The third kappa shape index (κ3) is 8.06. The van der Waals surface area contributed by atoms with E-state index in [0.717, 1.165) is 65.3 Å². The molecule has 0 bridgehead atoms. The highest BCUT2D eigenvalue weighted by Gasteiger charge is 2.32. The molecule has 44 heavy (non-hydrogen) atoms. The average Bonchev–Trinajstić information content (AvgIpc) is 3.63. The summed E-state index contributed by atoms with van der Waals surface area (Å²) in [5.74, 6) is 0.670. The van der Waals surface area contributed by atoms with Gasteiger partial charge in [-0.1, -0.05) is 55.4 Å². The zero-order chi connectivity index (χ0) is 31.1. The van der Waals surface area contributed by atoms with E-state index in [1.165, 1.54) is 47.0 Å². The molecule has 0 aliphatic carbocycles. The van der Waals surface area contributed by atoms with Gasteiger partial charge in [0.15, 0.2) is 11.0 Å². The zero-order valence-corrected chi connectivity index (χ0v) is 25.3. The number of carbonyl (C=O) groups excluding carboxylic acids is 1. The van der Waals surface area contributed by atoms with E-state index in [9.17, 15) is 18.0 Å². The summed E-state index contributed by atoms with van der Waals surface area (Å²) in [6, 6.07) is 19.7. The molecule has 1 N–H and O–H groups in total. The molecule has 0 spiro atoms. The number of halogens is 3. The monoisotopic (exact) mass is 622 g/mol. The third-order valence-corrected chi connectivity index (χ3v) is 7.88. The summed E-state index contributed by atoms with van der Waals surface area (Å²) < 4.78 is 42.7. The van der Waals surface area contributed by atoms with Crippen molar-refractivity contribution in [1.29, 1.82) is 0 Å². The van der Waals surface area contributed by atoms with Gasteiger partial charge in [-0.15, -0.1) is 18.3 Å².